The first-order valence-corrected chi connectivity index (χ1v) is 12.8. The predicted octanol–water partition coefficient (Wildman–Crippen LogP) is 3.45. The molecule has 0 unspecified atom stereocenters. The minimum absolute atomic E-state index is 0.144. The van der Waals surface area contributed by atoms with Gasteiger partial charge in [-0.15, -0.1) is 0 Å². The molecule has 1 aromatic rings. The van der Waals surface area contributed by atoms with Gasteiger partial charge in [0.2, 0.25) is 0 Å². The molecule has 3 fully saturated rings. The van der Waals surface area contributed by atoms with Crippen molar-refractivity contribution >= 4 is 37.3 Å². The second kappa shape index (κ2) is 8.95. The SMILES string of the molecule is COC(=O)O[C@H]1CC[C@@]23CCCC[C@H](C[C@]([Se]c4ccccc4)(C(=O)OC)C[C@H]12)C3=O. The van der Waals surface area contributed by atoms with E-state index in [1.807, 2.05) is 30.3 Å². The third-order valence-corrected chi connectivity index (χ3v) is 10.4. The van der Waals surface area contributed by atoms with Crippen molar-refractivity contribution in [2.24, 2.45) is 17.3 Å². The fourth-order valence-corrected chi connectivity index (χ4v) is 9.17. The fourth-order valence-electron chi connectivity index (χ4n) is 6.11. The van der Waals surface area contributed by atoms with E-state index in [9.17, 15) is 14.4 Å². The first kappa shape index (κ1) is 22.3. The summed E-state index contributed by atoms with van der Waals surface area (Å²) in [5, 5.41) is 0. The summed E-state index contributed by atoms with van der Waals surface area (Å²) in [5.41, 5.74) is -0.512. The summed E-state index contributed by atoms with van der Waals surface area (Å²) in [6.07, 6.45) is 4.86. The van der Waals surface area contributed by atoms with Crippen molar-refractivity contribution in [3.05, 3.63) is 30.3 Å². The van der Waals surface area contributed by atoms with E-state index in [-0.39, 0.29) is 38.5 Å². The Kier molecular flexibility index (Phi) is 6.45. The molecule has 5 atom stereocenters. The molecule has 0 amide bonds. The van der Waals surface area contributed by atoms with Crippen molar-refractivity contribution in [3.8, 4) is 0 Å². The number of carbonyl (C=O) groups is 3. The van der Waals surface area contributed by atoms with Crippen molar-refractivity contribution in [1.29, 1.82) is 0 Å². The van der Waals surface area contributed by atoms with E-state index < -0.39 is 22.0 Å². The van der Waals surface area contributed by atoms with E-state index in [2.05, 4.69) is 0 Å². The number of esters is 1. The summed E-state index contributed by atoms with van der Waals surface area (Å²) < 4.78 is 16.1. The summed E-state index contributed by atoms with van der Waals surface area (Å²) in [6, 6.07) is 10.0. The Morgan fingerprint density at radius 3 is 2.48 bits per heavy atom. The number of Topliss-reactive ketones (excluding diaryl/α,β-unsaturated/α-hetero) is 1. The normalized spacial score (nSPS) is 34.8. The Labute approximate surface area is 189 Å². The van der Waals surface area contributed by atoms with Crippen molar-refractivity contribution < 1.29 is 28.6 Å². The average molecular weight is 493 g/mol. The molecule has 4 rings (SSSR count). The second-order valence-corrected chi connectivity index (χ2v) is 12.1. The molecule has 1 aromatic carbocycles. The summed E-state index contributed by atoms with van der Waals surface area (Å²) in [7, 11) is 2.73. The van der Waals surface area contributed by atoms with E-state index in [4.69, 9.17) is 14.2 Å². The Hall–Kier alpha value is -1.85. The molecule has 3 aliphatic carbocycles. The van der Waals surface area contributed by atoms with Crippen molar-refractivity contribution in [1.82, 2.24) is 0 Å². The van der Waals surface area contributed by atoms with Gasteiger partial charge in [-0.3, -0.25) is 0 Å². The Balaban J connectivity index is 1.79. The molecular weight excluding hydrogens is 463 g/mol. The number of carbonyl (C=O) groups excluding carboxylic acids is 3. The average Bonchev–Trinajstić information content (AvgIpc) is 2.98. The summed E-state index contributed by atoms with van der Waals surface area (Å²) in [4.78, 5) is 39.2. The third kappa shape index (κ3) is 4.03. The monoisotopic (exact) mass is 494 g/mol. The van der Waals surface area contributed by atoms with E-state index >= 15 is 0 Å². The van der Waals surface area contributed by atoms with Crippen molar-refractivity contribution in [2.75, 3.05) is 14.2 Å². The van der Waals surface area contributed by atoms with Crippen LogP contribution in [0.5, 0.6) is 0 Å². The van der Waals surface area contributed by atoms with Crippen LogP contribution in [-0.4, -0.2) is 53.2 Å². The number of fused-ring (bicyclic) bond motifs is 1. The molecule has 31 heavy (non-hydrogen) atoms. The molecule has 0 aromatic heterocycles. The number of ether oxygens (including phenoxy) is 3. The molecule has 6 nitrogen and oxygen atoms in total. The van der Waals surface area contributed by atoms with Gasteiger partial charge in [0.1, 0.15) is 0 Å². The first-order valence-electron chi connectivity index (χ1n) is 11.1. The van der Waals surface area contributed by atoms with Crippen molar-refractivity contribution in [3.63, 3.8) is 0 Å². The molecule has 7 heteroatoms. The Morgan fingerprint density at radius 2 is 1.77 bits per heavy atom. The zero-order chi connectivity index (χ0) is 22.1. The molecule has 0 radical (unpaired) electrons. The van der Waals surface area contributed by atoms with Crippen LogP contribution in [0.2, 0.25) is 4.31 Å². The summed E-state index contributed by atoms with van der Waals surface area (Å²) in [5.74, 6) is -0.296. The molecule has 0 aliphatic heterocycles. The van der Waals surface area contributed by atoms with Gasteiger partial charge in [0.05, 0.1) is 0 Å². The van der Waals surface area contributed by atoms with Gasteiger partial charge in [0.25, 0.3) is 0 Å². The van der Waals surface area contributed by atoms with Gasteiger partial charge in [-0.05, 0) is 0 Å². The zero-order valence-electron chi connectivity index (χ0n) is 18.1. The number of rotatable bonds is 4. The van der Waals surface area contributed by atoms with Crippen LogP contribution < -0.4 is 4.46 Å². The Morgan fingerprint density at radius 1 is 1.00 bits per heavy atom. The fraction of sp³-hybridized carbons (Fsp3) is 0.625. The van der Waals surface area contributed by atoms with Gasteiger partial charge in [0, 0.05) is 0 Å². The number of ketones is 1. The minimum atomic E-state index is -0.755. The molecular formula is C24H30O6Se. The van der Waals surface area contributed by atoms with Crippen LogP contribution in [0.3, 0.4) is 0 Å². The van der Waals surface area contributed by atoms with Crippen LogP contribution in [0, 0.1) is 17.3 Å². The van der Waals surface area contributed by atoms with Crippen LogP contribution in [0.4, 0.5) is 4.79 Å². The quantitative estimate of drug-likeness (QED) is 0.472. The van der Waals surface area contributed by atoms with Gasteiger partial charge in [-0.2, -0.15) is 0 Å². The number of benzene rings is 1. The van der Waals surface area contributed by atoms with Crippen LogP contribution in [0.15, 0.2) is 30.3 Å². The molecule has 168 valence electrons. The van der Waals surface area contributed by atoms with Crippen LogP contribution in [0.25, 0.3) is 0 Å². The maximum atomic E-state index is 13.9. The van der Waals surface area contributed by atoms with Crippen molar-refractivity contribution in [2.45, 2.75) is 61.8 Å². The summed E-state index contributed by atoms with van der Waals surface area (Å²) >= 11 is -0.215. The van der Waals surface area contributed by atoms with Crippen LogP contribution >= 0.6 is 0 Å². The van der Waals surface area contributed by atoms with Gasteiger partial charge < -0.3 is 0 Å². The third-order valence-electron chi connectivity index (χ3n) is 7.47. The molecule has 3 aliphatic rings. The molecule has 0 heterocycles. The molecule has 0 saturated heterocycles. The Bertz CT molecular complexity index is 842. The zero-order valence-corrected chi connectivity index (χ0v) is 19.8. The van der Waals surface area contributed by atoms with E-state index in [1.54, 1.807) is 0 Å². The van der Waals surface area contributed by atoms with Crippen LogP contribution in [-0.2, 0) is 23.8 Å². The van der Waals surface area contributed by atoms with Gasteiger partial charge in [-0.1, -0.05) is 0 Å². The second-order valence-electron chi connectivity index (χ2n) is 9.03. The molecule has 0 N–H and O–H groups in total. The van der Waals surface area contributed by atoms with Gasteiger partial charge >= 0.3 is 190 Å². The predicted molar refractivity (Wildman–Crippen MR) is 115 cm³/mol. The van der Waals surface area contributed by atoms with Gasteiger partial charge in [-0.25, -0.2) is 0 Å². The molecule has 1 spiro atoms. The standard InChI is InChI=1S/C24H30O6Se/c1-28-21(26)24(31-17-9-4-3-5-10-17)14-16-8-6-7-12-23(20(16)25)13-11-19(18(23)15-24)30-22(27)29-2/h3-5,9-10,16,18-19H,6-8,11-15H2,1-2H3/t16-,18-,19+,23+,24-/m1/s1. The first-order chi connectivity index (χ1) is 14.9. The number of hydrogen-bond acceptors (Lipinski definition) is 6. The topological polar surface area (TPSA) is 78.9 Å². The maximum absolute atomic E-state index is 13.9. The van der Waals surface area contributed by atoms with Crippen LogP contribution in [0.1, 0.15) is 51.4 Å². The number of hydrogen-bond donors (Lipinski definition) is 0. The van der Waals surface area contributed by atoms with Gasteiger partial charge in [0.15, 0.2) is 0 Å². The van der Waals surface area contributed by atoms with E-state index in [0.717, 1.165) is 30.1 Å². The molecule has 3 saturated carbocycles. The number of methoxy groups -OCH3 is 2. The molecule has 2 bridgehead atoms. The van der Waals surface area contributed by atoms with E-state index in [0.29, 0.717) is 25.7 Å². The summed E-state index contributed by atoms with van der Waals surface area (Å²) in [6.45, 7) is 0. The van der Waals surface area contributed by atoms with E-state index in [1.165, 1.54) is 14.2 Å².